The van der Waals surface area contributed by atoms with E-state index >= 15 is 0 Å². The zero-order valence-corrected chi connectivity index (χ0v) is 13.4. The Labute approximate surface area is 128 Å². The first kappa shape index (κ1) is 14.1. The van der Waals surface area contributed by atoms with E-state index in [0.29, 0.717) is 11.9 Å². The van der Waals surface area contributed by atoms with Gasteiger partial charge in [-0.15, -0.1) is 11.6 Å². The maximum Gasteiger partial charge on any atom is 0.146 e. The van der Waals surface area contributed by atoms with E-state index in [2.05, 4.69) is 16.9 Å². The number of hydrogen-bond donors (Lipinski definition) is 0. The third-order valence-corrected chi connectivity index (χ3v) is 5.48. The van der Waals surface area contributed by atoms with Crippen LogP contribution in [0.25, 0.3) is 11.0 Å². The van der Waals surface area contributed by atoms with E-state index in [1.165, 1.54) is 19.3 Å². The van der Waals surface area contributed by atoms with Gasteiger partial charge >= 0.3 is 0 Å². The van der Waals surface area contributed by atoms with Crippen molar-refractivity contribution in [3.8, 4) is 5.75 Å². The topological polar surface area (TPSA) is 27.1 Å². The third-order valence-electron chi connectivity index (χ3n) is 4.15. The number of thioether (sulfide) groups is 1. The lowest BCUT2D eigenvalue weighted by Gasteiger charge is -2.16. The average molecular weight is 311 g/mol. The summed E-state index contributed by atoms with van der Waals surface area (Å²) < 4.78 is 7.76. The van der Waals surface area contributed by atoms with Gasteiger partial charge in [-0.1, -0.05) is 6.07 Å². The highest BCUT2D eigenvalue weighted by Gasteiger charge is 2.28. The summed E-state index contributed by atoms with van der Waals surface area (Å²) in [6.07, 6.45) is 5.88. The third kappa shape index (κ3) is 2.29. The summed E-state index contributed by atoms with van der Waals surface area (Å²) in [4.78, 5) is 4.70. The lowest BCUT2D eigenvalue weighted by atomic mass is 10.2. The molecule has 2 unspecified atom stereocenters. The Morgan fingerprint density at radius 1 is 1.45 bits per heavy atom. The van der Waals surface area contributed by atoms with Crippen LogP contribution in [0.15, 0.2) is 18.2 Å². The number of alkyl halides is 1. The molecule has 1 heterocycles. The number of ether oxygens (including phenoxy) is 1. The van der Waals surface area contributed by atoms with Gasteiger partial charge < -0.3 is 9.30 Å². The normalized spacial score (nSPS) is 22.6. The molecule has 3 nitrogen and oxygen atoms in total. The Balaban J connectivity index is 2.09. The van der Waals surface area contributed by atoms with Crippen molar-refractivity contribution in [1.82, 2.24) is 9.55 Å². The van der Waals surface area contributed by atoms with E-state index in [0.717, 1.165) is 27.9 Å². The SMILES string of the molecule is COc1cccc2c1nc(CCl)n2C1CCC(SC)C1. The van der Waals surface area contributed by atoms with Crippen LogP contribution in [0.2, 0.25) is 0 Å². The Morgan fingerprint density at radius 3 is 2.95 bits per heavy atom. The molecule has 0 bridgehead atoms. The lowest BCUT2D eigenvalue weighted by Crippen LogP contribution is -2.09. The molecule has 0 radical (unpaired) electrons. The van der Waals surface area contributed by atoms with Crippen molar-refractivity contribution in [1.29, 1.82) is 0 Å². The molecular weight excluding hydrogens is 292 g/mol. The second kappa shape index (κ2) is 5.86. The predicted octanol–water partition coefficient (Wildman–Crippen LogP) is 4.24. The van der Waals surface area contributed by atoms with Gasteiger partial charge in [0, 0.05) is 11.3 Å². The van der Waals surface area contributed by atoms with Gasteiger partial charge in [0.1, 0.15) is 17.1 Å². The van der Waals surface area contributed by atoms with Gasteiger partial charge in [0.15, 0.2) is 0 Å². The summed E-state index contributed by atoms with van der Waals surface area (Å²) in [5.74, 6) is 2.23. The molecule has 0 N–H and O–H groups in total. The van der Waals surface area contributed by atoms with Crippen molar-refractivity contribution < 1.29 is 4.74 Å². The van der Waals surface area contributed by atoms with Crippen LogP contribution >= 0.6 is 23.4 Å². The average Bonchev–Trinajstić information content (AvgIpc) is 3.09. The fourth-order valence-electron chi connectivity index (χ4n) is 3.17. The van der Waals surface area contributed by atoms with E-state index in [9.17, 15) is 0 Å². The number of methoxy groups -OCH3 is 1. The fraction of sp³-hybridized carbons (Fsp3) is 0.533. The van der Waals surface area contributed by atoms with Crippen LogP contribution in [-0.4, -0.2) is 28.2 Å². The summed E-state index contributed by atoms with van der Waals surface area (Å²) in [5, 5.41) is 0.756. The van der Waals surface area contributed by atoms with Crippen LogP contribution < -0.4 is 4.74 Å². The zero-order valence-electron chi connectivity index (χ0n) is 11.8. The number of para-hydroxylation sites is 1. The summed E-state index contributed by atoms with van der Waals surface area (Å²) in [7, 11) is 1.69. The second-order valence-corrected chi connectivity index (χ2v) is 6.59. The van der Waals surface area contributed by atoms with Crippen LogP contribution in [0, 0.1) is 0 Å². The minimum atomic E-state index is 0.443. The molecule has 0 spiro atoms. The van der Waals surface area contributed by atoms with E-state index < -0.39 is 0 Å². The molecular formula is C15H19ClN2OS. The zero-order chi connectivity index (χ0) is 14.1. The number of aromatic nitrogens is 2. The summed E-state index contributed by atoms with van der Waals surface area (Å²) in [5.41, 5.74) is 2.07. The van der Waals surface area contributed by atoms with Crippen LogP contribution in [0.5, 0.6) is 5.75 Å². The maximum atomic E-state index is 6.12. The number of hydrogen-bond acceptors (Lipinski definition) is 3. The van der Waals surface area contributed by atoms with Crippen molar-refractivity contribution in [2.75, 3.05) is 13.4 Å². The molecule has 1 saturated carbocycles. The van der Waals surface area contributed by atoms with Crippen LogP contribution in [-0.2, 0) is 5.88 Å². The van der Waals surface area contributed by atoms with Gasteiger partial charge in [0.05, 0.1) is 18.5 Å². The first-order valence-electron chi connectivity index (χ1n) is 6.91. The Kier molecular flexibility index (Phi) is 4.13. The molecule has 0 aliphatic heterocycles. The van der Waals surface area contributed by atoms with Gasteiger partial charge in [-0.2, -0.15) is 11.8 Å². The minimum absolute atomic E-state index is 0.443. The van der Waals surface area contributed by atoms with E-state index in [4.69, 9.17) is 21.3 Å². The standard InChI is InChI=1S/C15H19ClN2OS/c1-19-13-5-3-4-12-15(13)17-14(9-16)18(12)10-6-7-11(8-10)20-2/h3-5,10-11H,6-9H2,1-2H3. The second-order valence-electron chi connectivity index (χ2n) is 5.18. The molecule has 1 fully saturated rings. The molecule has 0 saturated heterocycles. The van der Waals surface area contributed by atoms with Crippen molar-refractivity contribution in [3.63, 3.8) is 0 Å². The number of benzene rings is 1. The number of halogens is 1. The highest BCUT2D eigenvalue weighted by atomic mass is 35.5. The number of fused-ring (bicyclic) bond motifs is 1. The molecule has 1 aliphatic carbocycles. The molecule has 1 aromatic heterocycles. The number of imidazole rings is 1. The molecule has 2 aromatic rings. The summed E-state index contributed by atoms with van der Waals surface area (Å²) in [6, 6.07) is 6.61. The van der Waals surface area contributed by atoms with Gasteiger partial charge in [0.2, 0.25) is 0 Å². The summed E-state index contributed by atoms with van der Waals surface area (Å²) in [6.45, 7) is 0. The van der Waals surface area contributed by atoms with Gasteiger partial charge in [-0.3, -0.25) is 0 Å². The van der Waals surface area contributed by atoms with Crippen LogP contribution in [0.1, 0.15) is 31.1 Å². The molecule has 2 atom stereocenters. The van der Waals surface area contributed by atoms with Crippen LogP contribution in [0.3, 0.4) is 0 Å². The Bertz CT molecular complexity index is 613. The van der Waals surface area contributed by atoms with Crippen molar-refractivity contribution in [3.05, 3.63) is 24.0 Å². The highest BCUT2D eigenvalue weighted by Crippen LogP contribution is 2.39. The van der Waals surface area contributed by atoms with E-state index in [1.807, 2.05) is 23.9 Å². The smallest absolute Gasteiger partial charge is 0.146 e. The Morgan fingerprint density at radius 2 is 2.30 bits per heavy atom. The molecule has 3 rings (SSSR count). The fourth-order valence-corrected chi connectivity index (χ4v) is 4.15. The van der Waals surface area contributed by atoms with Crippen molar-refractivity contribution >= 4 is 34.4 Å². The van der Waals surface area contributed by atoms with Crippen molar-refractivity contribution in [2.45, 2.75) is 36.4 Å². The molecule has 0 amide bonds. The predicted molar refractivity (Wildman–Crippen MR) is 86.0 cm³/mol. The first-order chi connectivity index (χ1) is 9.78. The quantitative estimate of drug-likeness (QED) is 0.790. The Hall–Kier alpha value is -0.870. The lowest BCUT2D eigenvalue weighted by molar-refractivity contribution is 0.419. The van der Waals surface area contributed by atoms with Crippen LogP contribution in [0.4, 0.5) is 0 Å². The number of rotatable bonds is 4. The van der Waals surface area contributed by atoms with E-state index in [1.54, 1.807) is 7.11 Å². The first-order valence-corrected chi connectivity index (χ1v) is 8.73. The van der Waals surface area contributed by atoms with Crippen molar-refractivity contribution in [2.24, 2.45) is 0 Å². The van der Waals surface area contributed by atoms with Gasteiger partial charge in [-0.25, -0.2) is 4.98 Å². The highest BCUT2D eigenvalue weighted by molar-refractivity contribution is 7.99. The maximum absolute atomic E-state index is 6.12. The number of nitrogens with zero attached hydrogens (tertiary/aromatic N) is 2. The molecule has 1 aromatic carbocycles. The molecule has 108 valence electrons. The monoisotopic (exact) mass is 310 g/mol. The van der Waals surface area contributed by atoms with E-state index in [-0.39, 0.29) is 0 Å². The molecule has 5 heteroatoms. The van der Waals surface area contributed by atoms with Gasteiger partial charge in [0.25, 0.3) is 0 Å². The molecule has 20 heavy (non-hydrogen) atoms. The summed E-state index contributed by atoms with van der Waals surface area (Å²) >= 11 is 8.09. The molecule has 1 aliphatic rings. The minimum Gasteiger partial charge on any atom is -0.494 e. The largest absolute Gasteiger partial charge is 0.494 e. The van der Waals surface area contributed by atoms with Gasteiger partial charge in [-0.05, 0) is 37.7 Å².